The van der Waals surface area contributed by atoms with Gasteiger partial charge in [0, 0.05) is 11.8 Å². The Bertz CT molecular complexity index is 190. The van der Waals surface area contributed by atoms with Gasteiger partial charge in [0.25, 0.3) is 0 Å². The second kappa shape index (κ2) is 12.8. The average Bonchev–Trinajstić information content (AvgIpc) is 2.30. The van der Waals surface area contributed by atoms with Crippen LogP contribution in [0.15, 0.2) is 12.2 Å². The number of carbonyl (C=O) groups excluding carboxylic acids is 1. The molecule has 0 bridgehead atoms. The molecule has 0 rings (SSSR count). The van der Waals surface area contributed by atoms with Gasteiger partial charge in [0.05, 0.1) is 0 Å². The number of esters is 1. The van der Waals surface area contributed by atoms with Crippen molar-refractivity contribution in [3.63, 3.8) is 0 Å². The van der Waals surface area contributed by atoms with E-state index in [2.05, 4.69) is 28.9 Å². The van der Waals surface area contributed by atoms with Crippen LogP contribution in [0.25, 0.3) is 0 Å². The van der Waals surface area contributed by atoms with Gasteiger partial charge in [-0.3, -0.25) is 4.79 Å². The Morgan fingerprint density at radius 3 is 2.69 bits per heavy atom. The fourth-order valence-electron chi connectivity index (χ4n) is 1.30. The Kier molecular flexibility index (Phi) is 12.5. The highest BCUT2D eigenvalue weighted by atomic mass is 79.9. The number of hydrogen-bond acceptors (Lipinski definition) is 2. The third-order valence-corrected chi connectivity index (χ3v) is 2.81. The molecule has 0 radical (unpaired) electrons. The van der Waals surface area contributed by atoms with Crippen LogP contribution in [-0.2, 0) is 9.53 Å². The molecule has 0 atom stereocenters. The minimum Gasteiger partial charge on any atom is -0.461 e. The number of carbonyl (C=O) groups is 1. The maximum Gasteiger partial charge on any atom is 0.306 e. The fourth-order valence-corrected chi connectivity index (χ4v) is 1.58. The zero-order valence-corrected chi connectivity index (χ0v) is 11.8. The Labute approximate surface area is 108 Å². The lowest BCUT2D eigenvalue weighted by Gasteiger charge is -1.99. The molecule has 0 aromatic heterocycles. The van der Waals surface area contributed by atoms with Crippen molar-refractivity contribution >= 4 is 21.9 Å². The van der Waals surface area contributed by atoms with Crippen molar-refractivity contribution in [2.24, 2.45) is 0 Å². The molecular weight excluding hydrogens is 268 g/mol. The van der Waals surface area contributed by atoms with Crippen LogP contribution in [0.2, 0.25) is 0 Å². The second-order valence-electron chi connectivity index (χ2n) is 3.80. The molecule has 0 N–H and O–H groups in total. The van der Waals surface area contributed by atoms with E-state index in [-0.39, 0.29) is 5.97 Å². The summed E-state index contributed by atoms with van der Waals surface area (Å²) in [7, 11) is 0. The summed E-state index contributed by atoms with van der Waals surface area (Å²) in [5.41, 5.74) is 0. The van der Waals surface area contributed by atoms with Gasteiger partial charge in [0.15, 0.2) is 0 Å². The molecule has 16 heavy (non-hydrogen) atoms. The minimum absolute atomic E-state index is 0.102. The molecule has 2 nitrogen and oxygen atoms in total. The first-order valence-electron chi connectivity index (χ1n) is 6.17. The Morgan fingerprint density at radius 1 is 1.19 bits per heavy atom. The number of halogens is 1. The van der Waals surface area contributed by atoms with Crippen LogP contribution in [0.4, 0.5) is 0 Å². The van der Waals surface area contributed by atoms with Crippen molar-refractivity contribution in [1.82, 2.24) is 0 Å². The smallest absolute Gasteiger partial charge is 0.306 e. The molecule has 3 heteroatoms. The van der Waals surface area contributed by atoms with Gasteiger partial charge >= 0.3 is 5.97 Å². The number of ether oxygens (including phenoxy) is 1. The van der Waals surface area contributed by atoms with E-state index >= 15 is 0 Å². The highest BCUT2D eigenvalue weighted by Crippen LogP contribution is 2.03. The van der Waals surface area contributed by atoms with E-state index in [4.69, 9.17) is 4.74 Å². The number of unbranched alkanes of at least 4 members (excludes halogenated alkanes) is 4. The SMILES string of the molecule is CCCCCC/C=C/COC(=O)CCCBr. The Balaban J connectivity index is 3.23. The molecule has 0 unspecified atom stereocenters. The first kappa shape index (κ1) is 15.7. The first-order valence-corrected chi connectivity index (χ1v) is 7.30. The lowest BCUT2D eigenvalue weighted by atomic mass is 10.1. The van der Waals surface area contributed by atoms with Crippen molar-refractivity contribution < 1.29 is 9.53 Å². The highest BCUT2D eigenvalue weighted by molar-refractivity contribution is 9.09. The number of alkyl halides is 1. The van der Waals surface area contributed by atoms with Gasteiger partial charge in [-0.05, 0) is 19.3 Å². The van der Waals surface area contributed by atoms with Gasteiger partial charge in [-0.25, -0.2) is 0 Å². The molecule has 0 aromatic rings. The van der Waals surface area contributed by atoms with Gasteiger partial charge in [-0.2, -0.15) is 0 Å². The topological polar surface area (TPSA) is 26.3 Å². The molecule has 0 heterocycles. The maximum atomic E-state index is 11.1. The molecule has 94 valence electrons. The molecule has 0 saturated heterocycles. The van der Waals surface area contributed by atoms with Crippen molar-refractivity contribution in [2.45, 2.75) is 51.9 Å². The van der Waals surface area contributed by atoms with Crippen LogP contribution < -0.4 is 0 Å². The zero-order valence-electron chi connectivity index (χ0n) is 10.2. The average molecular weight is 291 g/mol. The number of rotatable bonds is 10. The summed E-state index contributed by atoms with van der Waals surface area (Å²) < 4.78 is 5.03. The van der Waals surface area contributed by atoms with E-state index in [1.807, 2.05) is 6.08 Å². The molecule has 0 spiro atoms. The molecule has 0 saturated carbocycles. The van der Waals surface area contributed by atoms with E-state index < -0.39 is 0 Å². The van der Waals surface area contributed by atoms with Crippen molar-refractivity contribution in [1.29, 1.82) is 0 Å². The monoisotopic (exact) mass is 290 g/mol. The van der Waals surface area contributed by atoms with Crippen LogP contribution in [0.1, 0.15) is 51.9 Å². The van der Waals surface area contributed by atoms with Gasteiger partial charge in [0.1, 0.15) is 6.61 Å². The van der Waals surface area contributed by atoms with Crippen molar-refractivity contribution in [3.05, 3.63) is 12.2 Å². The summed E-state index contributed by atoms with van der Waals surface area (Å²) in [5.74, 6) is -0.102. The van der Waals surface area contributed by atoms with E-state index in [1.54, 1.807) is 0 Å². The largest absolute Gasteiger partial charge is 0.461 e. The lowest BCUT2D eigenvalue weighted by Crippen LogP contribution is -2.04. The summed E-state index contributed by atoms with van der Waals surface area (Å²) in [6.45, 7) is 2.64. The molecular formula is C13H23BrO2. The maximum absolute atomic E-state index is 11.1. The summed E-state index contributed by atoms with van der Waals surface area (Å²) in [6.07, 6.45) is 11.6. The second-order valence-corrected chi connectivity index (χ2v) is 4.59. The van der Waals surface area contributed by atoms with Crippen LogP contribution in [0, 0.1) is 0 Å². The predicted molar refractivity (Wildman–Crippen MR) is 71.9 cm³/mol. The standard InChI is InChI=1S/C13H23BrO2/c1-2-3-4-5-6-7-8-12-16-13(15)10-9-11-14/h7-8H,2-6,9-12H2,1H3/b8-7+. The number of hydrogen-bond donors (Lipinski definition) is 0. The minimum atomic E-state index is -0.102. The molecule has 0 aliphatic heterocycles. The molecule has 0 aromatic carbocycles. The van der Waals surface area contributed by atoms with Crippen molar-refractivity contribution in [2.75, 3.05) is 11.9 Å². The molecule has 0 fully saturated rings. The zero-order chi connectivity index (χ0) is 12.1. The number of allylic oxidation sites excluding steroid dienone is 1. The van der Waals surface area contributed by atoms with E-state index in [9.17, 15) is 4.79 Å². The highest BCUT2D eigenvalue weighted by Gasteiger charge is 1.99. The van der Waals surface area contributed by atoms with Crippen LogP contribution in [-0.4, -0.2) is 17.9 Å². The summed E-state index contributed by atoms with van der Waals surface area (Å²) >= 11 is 3.28. The Morgan fingerprint density at radius 2 is 2.00 bits per heavy atom. The van der Waals surface area contributed by atoms with E-state index in [0.29, 0.717) is 13.0 Å². The third-order valence-electron chi connectivity index (χ3n) is 2.25. The first-order chi connectivity index (χ1) is 7.81. The van der Waals surface area contributed by atoms with Gasteiger partial charge < -0.3 is 4.74 Å². The molecule has 0 aliphatic rings. The fraction of sp³-hybridized carbons (Fsp3) is 0.769. The molecule has 0 aliphatic carbocycles. The van der Waals surface area contributed by atoms with Gasteiger partial charge in [-0.1, -0.05) is 54.3 Å². The lowest BCUT2D eigenvalue weighted by molar-refractivity contribution is -0.142. The van der Waals surface area contributed by atoms with Crippen LogP contribution in [0.5, 0.6) is 0 Å². The predicted octanol–water partition coefficient (Wildman–Crippen LogP) is 4.23. The quantitative estimate of drug-likeness (QED) is 0.260. The van der Waals surface area contributed by atoms with Gasteiger partial charge in [-0.15, -0.1) is 0 Å². The normalized spacial score (nSPS) is 10.9. The Hall–Kier alpha value is -0.310. The van der Waals surface area contributed by atoms with E-state index in [0.717, 1.165) is 18.2 Å². The summed E-state index contributed by atoms with van der Waals surface area (Å²) in [6, 6.07) is 0. The van der Waals surface area contributed by atoms with E-state index in [1.165, 1.54) is 25.7 Å². The van der Waals surface area contributed by atoms with Crippen LogP contribution in [0.3, 0.4) is 0 Å². The van der Waals surface area contributed by atoms with Crippen LogP contribution >= 0.6 is 15.9 Å². The summed E-state index contributed by atoms with van der Waals surface area (Å²) in [4.78, 5) is 11.1. The third kappa shape index (κ3) is 11.8. The van der Waals surface area contributed by atoms with Gasteiger partial charge in [0.2, 0.25) is 0 Å². The summed E-state index contributed by atoms with van der Waals surface area (Å²) in [5, 5.41) is 0.857. The van der Waals surface area contributed by atoms with Crippen molar-refractivity contribution in [3.8, 4) is 0 Å². The molecule has 0 amide bonds.